The van der Waals surface area contributed by atoms with Crippen LogP contribution in [-0.2, 0) is 0 Å². The van der Waals surface area contributed by atoms with Crippen LogP contribution >= 0.6 is 0 Å². The Balaban J connectivity index is 2.40. The van der Waals surface area contributed by atoms with Crippen molar-refractivity contribution in [1.82, 2.24) is 0 Å². The lowest BCUT2D eigenvalue weighted by Crippen LogP contribution is -1.86. The van der Waals surface area contributed by atoms with E-state index in [4.69, 9.17) is 0 Å². The molecule has 2 aromatic carbocycles. The lowest BCUT2D eigenvalue weighted by molar-refractivity contribution is 1.32. The van der Waals surface area contributed by atoms with E-state index in [1.807, 2.05) is 0 Å². The molecule has 0 atom stereocenters. The fourth-order valence-corrected chi connectivity index (χ4v) is 1.95. The van der Waals surface area contributed by atoms with Gasteiger partial charge in [0.1, 0.15) is 0 Å². The molecule has 0 heterocycles. The van der Waals surface area contributed by atoms with E-state index in [1.54, 1.807) is 0 Å². The maximum atomic E-state index is 2.26. The van der Waals surface area contributed by atoms with E-state index >= 15 is 0 Å². The molecule has 0 aliphatic heterocycles. The van der Waals surface area contributed by atoms with Crippen molar-refractivity contribution in [3.05, 3.63) is 70.8 Å². The van der Waals surface area contributed by atoms with Crippen molar-refractivity contribution in [3.8, 4) is 0 Å². The van der Waals surface area contributed by atoms with E-state index in [0.29, 0.717) is 0 Å². The quantitative estimate of drug-likeness (QED) is 0.636. The van der Waals surface area contributed by atoms with E-state index in [-0.39, 0.29) is 0 Å². The van der Waals surface area contributed by atoms with Crippen molar-refractivity contribution in [2.75, 3.05) is 0 Å². The molecule has 17 heavy (non-hydrogen) atoms. The molecule has 0 radical (unpaired) electrons. The molecule has 0 saturated carbocycles. The summed E-state index contributed by atoms with van der Waals surface area (Å²) < 4.78 is 0. The van der Waals surface area contributed by atoms with Gasteiger partial charge >= 0.3 is 0 Å². The predicted molar refractivity (Wildman–Crippen MR) is 75.9 cm³/mol. The number of hydrogen-bond donors (Lipinski definition) is 0. The van der Waals surface area contributed by atoms with Gasteiger partial charge in [-0.15, -0.1) is 0 Å². The van der Waals surface area contributed by atoms with Gasteiger partial charge in [-0.3, -0.25) is 0 Å². The lowest BCUT2D eigenvalue weighted by Gasteiger charge is -2.06. The molecule has 0 saturated heterocycles. The van der Waals surface area contributed by atoms with Crippen molar-refractivity contribution in [2.45, 2.75) is 20.8 Å². The highest BCUT2D eigenvalue weighted by atomic mass is 14.0. The average molecular weight is 222 g/mol. The molecule has 0 aliphatic carbocycles. The van der Waals surface area contributed by atoms with Crippen LogP contribution in [0.4, 0.5) is 0 Å². The Morgan fingerprint density at radius 3 is 2.29 bits per heavy atom. The molecular weight excluding hydrogens is 204 g/mol. The Kier molecular flexibility index (Phi) is 3.43. The molecular formula is C17H18. The zero-order valence-corrected chi connectivity index (χ0v) is 10.7. The van der Waals surface area contributed by atoms with Gasteiger partial charge in [-0.1, -0.05) is 54.6 Å². The van der Waals surface area contributed by atoms with E-state index in [2.05, 4.69) is 75.4 Å². The maximum Gasteiger partial charge on any atom is -0.0222 e. The molecule has 0 heteroatoms. The Morgan fingerprint density at radius 2 is 1.59 bits per heavy atom. The van der Waals surface area contributed by atoms with Crippen LogP contribution in [0.2, 0.25) is 0 Å². The molecule has 86 valence electrons. The summed E-state index contributed by atoms with van der Waals surface area (Å²) in [5.74, 6) is 0. The van der Waals surface area contributed by atoms with E-state index in [0.717, 1.165) is 0 Å². The van der Waals surface area contributed by atoms with E-state index < -0.39 is 0 Å². The van der Waals surface area contributed by atoms with Crippen LogP contribution in [0.5, 0.6) is 0 Å². The van der Waals surface area contributed by atoms with Crippen LogP contribution in [0.25, 0.3) is 11.6 Å². The van der Waals surface area contributed by atoms with Crippen molar-refractivity contribution in [2.24, 2.45) is 0 Å². The second-order valence-corrected chi connectivity index (χ2v) is 4.48. The van der Waals surface area contributed by atoms with Crippen LogP contribution in [-0.4, -0.2) is 0 Å². The minimum absolute atomic E-state index is 1.29. The first-order valence-corrected chi connectivity index (χ1v) is 5.98. The molecule has 2 rings (SSSR count). The second-order valence-electron chi connectivity index (χ2n) is 4.48. The fraction of sp³-hybridized carbons (Fsp3) is 0.176. The highest BCUT2D eigenvalue weighted by Gasteiger charge is 1.99. The van der Waals surface area contributed by atoms with Gasteiger partial charge in [0.05, 0.1) is 0 Å². The zero-order valence-electron chi connectivity index (χ0n) is 10.7. The summed E-state index contributed by atoms with van der Waals surface area (Å²) in [6.45, 7) is 6.50. The second kappa shape index (κ2) is 5.01. The molecule has 0 fully saturated rings. The monoisotopic (exact) mass is 222 g/mol. The Labute approximate surface area is 104 Å². The molecule has 0 aliphatic rings. The number of rotatable bonds is 2. The summed E-state index contributed by atoms with van der Waals surface area (Å²) in [4.78, 5) is 0. The molecule has 0 bridgehead atoms. The van der Waals surface area contributed by atoms with E-state index in [9.17, 15) is 0 Å². The Hall–Kier alpha value is -1.82. The fourth-order valence-electron chi connectivity index (χ4n) is 1.95. The largest absolute Gasteiger partial charge is 0.0622 e. The molecule has 0 spiro atoms. The maximum absolute atomic E-state index is 2.26. The van der Waals surface area contributed by atoms with Gasteiger partial charge in [0.25, 0.3) is 0 Å². The molecule has 0 N–H and O–H groups in total. The summed E-state index contributed by atoms with van der Waals surface area (Å²) in [7, 11) is 0. The SMILES string of the molecule is C/C(=C\c1cccc(C)c1C)c1ccccc1. The Morgan fingerprint density at radius 1 is 0.882 bits per heavy atom. The molecule has 0 unspecified atom stereocenters. The van der Waals surface area contributed by atoms with E-state index in [1.165, 1.54) is 27.8 Å². The van der Waals surface area contributed by atoms with Crippen LogP contribution < -0.4 is 0 Å². The minimum atomic E-state index is 1.29. The predicted octanol–water partition coefficient (Wildman–Crippen LogP) is 4.86. The highest BCUT2D eigenvalue weighted by Crippen LogP contribution is 2.20. The molecule has 0 nitrogen and oxygen atoms in total. The summed E-state index contributed by atoms with van der Waals surface area (Å²) in [6, 6.07) is 17.0. The molecule has 2 aromatic rings. The first kappa shape index (κ1) is 11.7. The minimum Gasteiger partial charge on any atom is -0.0622 e. The number of aryl methyl sites for hydroxylation is 1. The zero-order chi connectivity index (χ0) is 12.3. The Bertz CT molecular complexity index is 533. The summed E-state index contributed by atoms with van der Waals surface area (Å²) in [5, 5.41) is 0. The van der Waals surface area contributed by atoms with Crippen LogP contribution in [0.15, 0.2) is 48.5 Å². The highest BCUT2D eigenvalue weighted by molar-refractivity contribution is 5.81. The standard InChI is InChI=1S/C17H18/c1-13-8-7-11-17(15(13)3)12-14(2)16-9-5-4-6-10-16/h4-12H,1-3H3/b14-12+. The van der Waals surface area contributed by atoms with Gasteiger partial charge in [-0.25, -0.2) is 0 Å². The van der Waals surface area contributed by atoms with Gasteiger partial charge in [0, 0.05) is 0 Å². The van der Waals surface area contributed by atoms with Crippen molar-refractivity contribution in [3.63, 3.8) is 0 Å². The molecule has 0 aromatic heterocycles. The van der Waals surface area contributed by atoms with Crippen LogP contribution in [0.1, 0.15) is 29.2 Å². The molecule has 0 amide bonds. The smallest absolute Gasteiger partial charge is 0.0222 e. The lowest BCUT2D eigenvalue weighted by atomic mass is 9.99. The third-order valence-corrected chi connectivity index (χ3v) is 3.25. The average Bonchev–Trinajstić information content (AvgIpc) is 2.36. The van der Waals surface area contributed by atoms with Crippen molar-refractivity contribution >= 4 is 11.6 Å². The van der Waals surface area contributed by atoms with Crippen LogP contribution in [0, 0.1) is 13.8 Å². The van der Waals surface area contributed by atoms with Gasteiger partial charge in [-0.2, -0.15) is 0 Å². The van der Waals surface area contributed by atoms with Crippen molar-refractivity contribution < 1.29 is 0 Å². The summed E-state index contributed by atoms with van der Waals surface area (Å²) in [6.07, 6.45) is 2.26. The topological polar surface area (TPSA) is 0 Å². The summed E-state index contributed by atoms with van der Waals surface area (Å²) >= 11 is 0. The third kappa shape index (κ3) is 2.65. The normalized spacial score (nSPS) is 11.6. The first-order valence-electron chi connectivity index (χ1n) is 5.98. The first-order chi connectivity index (χ1) is 8.18. The number of benzene rings is 2. The van der Waals surface area contributed by atoms with Gasteiger partial charge < -0.3 is 0 Å². The van der Waals surface area contributed by atoms with Crippen LogP contribution in [0.3, 0.4) is 0 Å². The van der Waals surface area contributed by atoms with Gasteiger partial charge in [-0.05, 0) is 48.6 Å². The van der Waals surface area contributed by atoms with Gasteiger partial charge in [0.15, 0.2) is 0 Å². The third-order valence-electron chi connectivity index (χ3n) is 3.25. The van der Waals surface area contributed by atoms with Crippen molar-refractivity contribution in [1.29, 1.82) is 0 Å². The summed E-state index contributed by atoms with van der Waals surface area (Å²) in [5.41, 5.74) is 6.61. The number of hydrogen-bond acceptors (Lipinski definition) is 0. The van der Waals surface area contributed by atoms with Gasteiger partial charge in [0.2, 0.25) is 0 Å². The number of allylic oxidation sites excluding steroid dienone is 1.